The van der Waals surface area contributed by atoms with E-state index in [-0.39, 0.29) is 25.2 Å². The Hall–Kier alpha value is -1.62. The number of allylic oxidation sites excluding steroid dienone is 4. The van der Waals surface area contributed by atoms with Gasteiger partial charge in [-0.25, -0.2) is 0 Å². The Morgan fingerprint density at radius 3 is 0.663 bits per heavy atom. The molecule has 0 fully saturated rings. The van der Waals surface area contributed by atoms with Crippen molar-refractivity contribution in [2.24, 2.45) is 0 Å². The van der Waals surface area contributed by atoms with E-state index in [1.165, 1.54) is 417 Å². The average Bonchev–Trinajstić information content (AvgIpc) is 3.55. The van der Waals surface area contributed by atoms with Gasteiger partial charge in [-0.3, -0.25) is 9.59 Å². The molecule has 0 bridgehead atoms. The Morgan fingerprint density at radius 2 is 0.449 bits per heavy atom. The van der Waals surface area contributed by atoms with Crippen LogP contribution in [0.3, 0.4) is 0 Å². The van der Waals surface area contributed by atoms with Gasteiger partial charge in [0.05, 0.1) is 6.61 Å². The van der Waals surface area contributed by atoms with Crippen molar-refractivity contribution in [1.82, 2.24) is 0 Å². The molecule has 1 atom stereocenters. The van der Waals surface area contributed by atoms with Gasteiger partial charge in [-0.1, -0.05) is 449 Å². The van der Waals surface area contributed by atoms with Crippen LogP contribution in [0.5, 0.6) is 0 Å². The number of carbonyl (C=O) groups excluding carboxylic acids is 2. The zero-order valence-electron chi connectivity index (χ0n) is 61.0. The molecule has 0 saturated carbocycles. The molecule has 0 aromatic rings. The van der Waals surface area contributed by atoms with Crippen molar-refractivity contribution in [2.75, 3.05) is 13.2 Å². The molecule has 0 spiro atoms. The summed E-state index contributed by atoms with van der Waals surface area (Å²) in [5.41, 5.74) is 0. The fourth-order valence-electron chi connectivity index (χ4n) is 13.3. The molecule has 0 aliphatic rings. The number of ether oxygens (including phenoxy) is 2. The molecule has 0 aromatic carbocycles. The van der Waals surface area contributed by atoms with Crippen LogP contribution >= 0.6 is 0 Å². The summed E-state index contributed by atoms with van der Waals surface area (Å²) in [6.45, 7) is 4.21. The Labute approximate surface area is 559 Å². The molecule has 0 amide bonds. The standard InChI is InChI=1S/C84H162O5/c1-3-5-7-9-11-13-15-17-19-21-23-25-27-29-31-33-35-37-39-41-42-43-45-47-49-51-53-55-57-59-61-63-65-67-69-71-73-75-77-79-84(87)89-82(80-85)81-88-83(86)78-76-74-72-70-68-66-64-62-60-58-56-54-52-50-48-46-44-40-38-36-34-32-30-28-26-24-22-20-18-16-14-12-10-8-6-4-2/h15,17,21,23,82,85H,3-14,16,18-20,22,24-81H2,1-2H3/b17-15-,23-21-. The first-order valence-electron chi connectivity index (χ1n) is 41.4. The van der Waals surface area contributed by atoms with Gasteiger partial charge in [0.2, 0.25) is 0 Å². The van der Waals surface area contributed by atoms with Crippen LogP contribution in [0.2, 0.25) is 0 Å². The zero-order chi connectivity index (χ0) is 64.0. The van der Waals surface area contributed by atoms with Crippen LogP contribution in [-0.4, -0.2) is 36.4 Å². The van der Waals surface area contributed by atoms with Crippen LogP contribution in [0.25, 0.3) is 0 Å². The molecule has 0 saturated heterocycles. The Kier molecular flexibility index (Phi) is 79.1. The van der Waals surface area contributed by atoms with E-state index in [1.807, 2.05) is 0 Å². The van der Waals surface area contributed by atoms with Crippen molar-refractivity contribution in [3.8, 4) is 0 Å². The van der Waals surface area contributed by atoms with Crippen LogP contribution in [0.4, 0.5) is 0 Å². The van der Waals surface area contributed by atoms with Gasteiger partial charge in [0, 0.05) is 12.8 Å². The molecule has 5 nitrogen and oxygen atoms in total. The van der Waals surface area contributed by atoms with Gasteiger partial charge in [-0.15, -0.1) is 0 Å². The third-order valence-corrected chi connectivity index (χ3v) is 19.5. The van der Waals surface area contributed by atoms with E-state index in [4.69, 9.17) is 9.47 Å². The summed E-state index contributed by atoms with van der Waals surface area (Å²) in [6.07, 6.45) is 107. The molecular formula is C84H162O5. The Balaban J connectivity index is 3.34. The summed E-state index contributed by atoms with van der Waals surface area (Å²) in [5, 5.41) is 9.73. The monoisotopic (exact) mass is 1250 g/mol. The first-order chi connectivity index (χ1) is 44.1. The van der Waals surface area contributed by atoms with Crippen molar-refractivity contribution in [3.63, 3.8) is 0 Å². The quantitative estimate of drug-likeness (QED) is 0.0373. The third kappa shape index (κ3) is 78.7. The molecule has 0 aromatic heterocycles. The van der Waals surface area contributed by atoms with Gasteiger partial charge >= 0.3 is 11.9 Å². The van der Waals surface area contributed by atoms with E-state index in [0.717, 1.165) is 38.5 Å². The highest BCUT2D eigenvalue weighted by atomic mass is 16.6. The summed E-state index contributed by atoms with van der Waals surface area (Å²) >= 11 is 0. The highest BCUT2D eigenvalue weighted by Crippen LogP contribution is 2.21. The Bertz CT molecular complexity index is 1370. The van der Waals surface area contributed by atoms with Crippen molar-refractivity contribution in [2.45, 2.75) is 489 Å². The molecule has 528 valence electrons. The second kappa shape index (κ2) is 80.6. The van der Waals surface area contributed by atoms with Crippen molar-refractivity contribution < 1.29 is 24.2 Å². The van der Waals surface area contributed by atoms with Crippen molar-refractivity contribution in [3.05, 3.63) is 24.3 Å². The minimum Gasteiger partial charge on any atom is -0.462 e. The van der Waals surface area contributed by atoms with Gasteiger partial charge in [0.15, 0.2) is 6.10 Å². The van der Waals surface area contributed by atoms with Crippen LogP contribution in [0, 0.1) is 0 Å². The van der Waals surface area contributed by atoms with Gasteiger partial charge in [0.25, 0.3) is 0 Å². The molecule has 1 unspecified atom stereocenters. The molecule has 5 heteroatoms. The number of hydrogen-bond donors (Lipinski definition) is 1. The van der Waals surface area contributed by atoms with Crippen molar-refractivity contribution >= 4 is 11.9 Å². The number of rotatable bonds is 79. The summed E-state index contributed by atoms with van der Waals surface area (Å²) < 4.78 is 10.8. The molecule has 0 aliphatic heterocycles. The predicted molar refractivity (Wildman–Crippen MR) is 395 cm³/mol. The lowest BCUT2D eigenvalue weighted by Gasteiger charge is -2.15. The predicted octanol–water partition coefficient (Wildman–Crippen LogP) is 29.1. The topological polar surface area (TPSA) is 72.8 Å². The highest BCUT2D eigenvalue weighted by molar-refractivity contribution is 5.70. The van der Waals surface area contributed by atoms with E-state index in [1.54, 1.807) is 0 Å². The van der Waals surface area contributed by atoms with Gasteiger partial charge in [0.1, 0.15) is 6.61 Å². The van der Waals surface area contributed by atoms with E-state index in [0.29, 0.717) is 12.8 Å². The van der Waals surface area contributed by atoms with E-state index >= 15 is 0 Å². The van der Waals surface area contributed by atoms with Crippen LogP contribution in [0.15, 0.2) is 24.3 Å². The maximum atomic E-state index is 12.4. The summed E-state index contributed by atoms with van der Waals surface area (Å²) in [5.74, 6) is -0.558. The summed E-state index contributed by atoms with van der Waals surface area (Å²) in [7, 11) is 0. The molecule has 0 heterocycles. The fraction of sp³-hybridized carbons (Fsp3) is 0.929. The van der Waals surface area contributed by atoms with E-state index in [9.17, 15) is 14.7 Å². The minimum absolute atomic E-state index is 0.0566. The third-order valence-electron chi connectivity index (χ3n) is 19.5. The SMILES string of the molecule is CCCCCCC/C=C\C/C=C\CCCCCCCCCCCCCCCCCCCCCCCCCCCCCC(=O)OC(CO)COC(=O)CCCCCCCCCCCCCCCCCCCCCCCCCCCCCCCCCCCCCC. The zero-order valence-corrected chi connectivity index (χ0v) is 61.0. The lowest BCUT2D eigenvalue weighted by molar-refractivity contribution is -0.161. The van der Waals surface area contributed by atoms with Crippen LogP contribution < -0.4 is 0 Å². The summed E-state index contributed by atoms with van der Waals surface area (Å²) in [6, 6.07) is 0. The lowest BCUT2D eigenvalue weighted by atomic mass is 10.0. The number of hydrogen-bond acceptors (Lipinski definition) is 5. The van der Waals surface area contributed by atoms with Crippen LogP contribution in [-0.2, 0) is 19.1 Å². The minimum atomic E-state index is -0.768. The summed E-state index contributed by atoms with van der Waals surface area (Å²) in [4.78, 5) is 24.7. The molecule has 89 heavy (non-hydrogen) atoms. The fourth-order valence-corrected chi connectivity index (χ4v) is 13.3. The van der Waals surface area contributed by atoms with Gasteiger partial charge < -0.3 is 14.6 Å². The number of unbranched alkanes of at least 4 members (excludes halogenated alkanes) is 67. The van der Waals surface area contributed by atoms with E-state index < -0.39 is 6.10 Å². The first-order valence-corrected chi connectivity index (χ1v) is 41.4. The van der Waals surface area contributed by atoms with Gasteiger partial charge in [-0.05, 0) is 44.9 Å². The molecule has 0 rings (SSSR count). The number of esters is 2. The Morgan fingerprint density at radius 1 is 0.258 bits per heavy atom. The normalized spacial score (nSPS) is 12.2. The smallest absolute Gasteiger partial charge is 0.306 e. The molecular weight excluding hydrogens is 1090 g/mol. The second-order valence-corrected chi connectivity index (χ2v) is 28.6. The molecule has 0 aliphatic carbocycles. The lowest BCUT2D eigenvalue weighted by Crippen LogP contribution is -2.28. The maximum Gasteiger partial charge on any atom is 0.306 e. The highest BCUT2D eigenvalue weighted by Gasteiger charge is 2.16. The van der Waals surface area contributed by atoms with Crippen LogP contribution in [0.1, 0.15) is 483 Å². The molecule has 0 radical (unpaired) electrons. The number of aliphatic hydroxyl groups is 1. The van der Waals surface area contributed by atoms with E-state index in [2.05, 4.69) is 38.2 Å². The van der Waals surface area contributed by atoms with Crippen molar-refractivity contribution in [1.29, 1.82) is 0 Å². The van der Waals surface area contributed by atoms with Gasteiger partial charge in [-0.2, -0.15) is 0 Å². The number of aliphatic hydroxyl groups excluding tert-OH is 1. The first kappa shape index (κ1) is 87.4. The maximum absolute atomic E-state index is 12.4. The largest absolute Gasteiger partial charge is 0.462 e. The molecule has 1 N–H and O–H groups in total. The number of carbonyl (C=O) groups is 2. The average molecular weight is 1250 g/mol. The second-order valence-electron chi connectivity index (χ2n) is 28.6.